The first-order valence-corrected chi connectivity index (χ1v) is 9.73. The Morgan fingerprint density at radius 3 is 2.04 bits per heavy atom. The lowest BCUT2D eigenvalue weighted by Crippen LogP contribution is -2.25. The van der Waals surface area contributed by atoms with Gasteiger partial charge in [-0.3, -0.25) is 14.9 Å². The van der Waals surface area contributed by atoms with Crippen molar-refractivity contribution in [2.24, 2.45) is 0 Å². The third-order valence-corrected chi connectivity index (χ3v) is 5.85. The number of ether oxygens (including phenoxy) is 3. The Bertz CT molecular complexity index is 924. The molecule has 1 heterocycles. The predicted molar refractivity (Wildman–Crippen MR) is 109 cm³/mol. The van der Waals surface area contributed by atoms with Crippen LogP contribution in [-0.2, 0) is 11.2 Å². The van der Waals surface area contributed by atoms with E-state index >= 15 is 0 Å². The van der Waals surface area contributed by atoms with Crippen LogP contribution in [-0.4, -0.2) is 30.6 Å². The van der Waals surface area contributed by atoms with E-state index in [1.165, 1.54) is 0 Å². The summed E-state index contributed by atoms with van der Waals surface area (Å²) in [5.41, 5.74) is 3.80. The fourth-order valence-corrected chi connectivity index (χ4v) is 4.15. The first-order chi connectivity index (χ1) is 13.3. The number of thioether (sulfide) groups is 1. The van der Waals surface area contributed by atoms with Gasteiger partial charge in [0.2, 0.25) is 5.91 Å². The number of carbonyl (C=O) groups is 2. The number of amides is 2. The molecule has 0 aliphatic carbocycles. The average molecular weight is 401 g/mol. The number of imide groups is 1. The van der Waals surface area contributed by atoms with Crippen LogP contribution in [0.4, 0.5) is 4.79 Å². The van der Waals surface area contributed by atoms with Crippen LogP contribution in [0.5, 0.6) is 23.0 Å². The predicted octanol–water partition coefficient (Wildman–Crippen LogP) is 4.32. The quantitative estimate of drug-likeness (QED) is 0.777. The van der Waals surface area contributed by atoms with E-state index in [2.05, 4.69) is 5.32 Å². The summed E-state index contributed by atoms with van der Waals surface area (Å²) in [4.78, 5) is 23.0. The minimum absolute atomic E-state index is 0.238. The monoisotopic (exact) mass is 401 g/mol. The van der Waals surface area contributed by atoms with Crippen molar-refractivity contribution in [1.82, 2.24) is 5.32 Å². The minimum Gasteiger partial charge on any atom is -0.496 e. The molecule has 28 heavy (non-hydrogen) atoms. The molecule has 2 amide bonds. The molecule has 0 bridgehead atoms. The van der Waals surface area contributed by atoms with Crippen LogP contribution in [0.3, 0.4) is 0 Å². The van der Waals surface area contributed by atoms with Gasteiger partial charge in [-0.25, -0.2) is 0 Å². The van der Waals surface area contributed by atoms with Crippen molar-refractivity contribution in [2.45, 2.75) is 32.4 Å². The first-order valence-electron chi connectivity index (χ1n) is 8.85. The summed E-state index contributed by atoms with van der Waals surface area (Å²) in [6.07, 6.45) is 0.488. The van der Waals surface area contributed by atoms with E-state index in [1.54, 1.807) is 14.2 Å². The molecule has 0 saturated carbocycles. The van der Waals surface area contributed by atoms with Gasteiger partial charge in [-0.1, -0.05) is 23.9 Å². The Labute approximate surface area is 168 Å². The van der Waals surface area contributed by atoms with Crippen molar-refractivity contribution >= 4 is 22.9 Å². The van der Waals surface area contributed by atoms with Gasteiger partial charge in [0.1, 0.15) is 11.5 Å². The standard InChI is InChI=1S/C21H23NO5S/c1-11-12(2)18(26-5)19(13(3)17(11)25-4)27-15-8-6-14(7-9-15)10-16-20(23)22-21(24)28-16/h6-9,16H,10H2,1-5H3,(H,22,23,24). The zero-order valence-corrected chi connectivity index (χ0v) is 17.4. The fourth-order valence-electron chi connectivity index (χ4n) is 3.29. The zero-order chi connectivity index (χ0) is 20.4. The summed E-state index contributed by atoms with van der Waals surface area (Å²) in [5.74, 6) is 2.48. The summed E-state index contributed by atoms with van der Waals surface area (Å²) in [6, 6.07) is 7.47. The number of rotatable bonds is 6. The Kier molecular flexibility index (Phi) is 5.84. The molecule has 2 aromatic carbocycles. The van der Waals surface area contributed by atoms with Crippen LogP contribution in [0.25, 0.3) is 0 Å². The summed E-state index contributed by atoms with van der Waals surface area (Å²) < 4.78 is 17.3. The second-order valence-corrected chi connectivity index (χ2v) is 7.78. The number of nitrogens with one attached hydrogen (secondary N) is 1. The van der Waals surface area contributed by atoms with E-state index in [-0.39, 0.29) is 16.4 Å². The molecule has 0 spiro atoms. The summed E-state index contributed by atoms with van der Waals surface area (Å²) in [5, 5.41) is 1.63. The van der Waals surface area contributed by atoms with E-state index in [1.807, 2.05) is 45.0 Å². The van der Waals surface area contributed by atoms with E-state index in [9.17, 15) is 9.59 Å². The minimum atomic E-state index is -0.384. The van der Waals surface area contributed by atoms with Crippen LogP contribution in [0, 0.1) is 20.8 Å². The molecule has 1 saturated heterocycles. The van der Waals surface area contributed by atoms with Crippen molar-refractivity contribution in [3.05, 3.63) is 46.5 Å². The van der Waals surface area contributed by atoms with Gasteiger partial charge in [-0.05, 0) is 50.5 Å². The fraction of sp³-hybridized carbons (Fsp3) is 0.333. The van der Waals surface area contributed by atoms with Crippen molar-refractivity contribution < 1.29 is 23.8 Å². The molecule has 1 unspecified atom stereocenters. The van der Waals surface area contributed by atoms with Gasteiger partial charge in [0.15, 0.2) is 11.5 Å². The van der Waals surface area contributed by atoms with E-state index < -0.39 is 0 Å². The smallest absolute Gasteiger partial charge is 0.286 e. The van der Waals surface area contributed by atoms with E-state index in [0.29, 0.717) is 23.7 Å². The van der Waals surface area contributed by atoms with Gasteiger partial charge in [-0.2, -0.15) is 0 Å². The molecule has 0 aromatic heterocycles. The highest BCUT2D eigenvalue weighted by Crippen LogP contribution is 2.44. The van der Waals surface area contributed by atoms with Gasteiger partial charge >= 0.3 is 0 Å². The Morgan fingerprint density at radius 2 is 1.50 bits per heavy atom. The van der Waals surface area contributed by atoms with Crippen molar-refractivity contribution in [3.63, 3.8) is 0 Å². The van der Waals surface area contributed by atoms with E-state index in [4.69, 9.17) is 14.2 Å². The zero-order valence-electron chi connectivity index (χ0n) is 16.5. The Morgan fingerprint density at radius 1 is 0.893 bits per heavy atom. The number of hydrogen-bond donors (Lipinski definition) is 1. The van der Waals surface area contributed by atoms with Crippen molar-refractivity contribution in [3.8, 4) is 23.0 Å². The molecular formula is C21H23NO5S. The highest BCUT2D eigenvalue weighted by molar-refractivity contribution is 8.15. The Hall–Kier alpha value is -2.67. The number of benzene rings is 2. The largest absolute Gasteiger partial charge is 0.496 e. The van der Waals surface area contributed by atoms with Crippen molar-refractivity contribution in [1.29, 1.82) is 0 Å². The third kappa shape index (κ3) is 3.80. The highest BCUT2D eigenvalue weighted by Gasteiger charge is 2.31. The number of carbonyl (C=O) groups excluding carboxylic acids is 2. The number of methoxy groups -OCH3 is 2. The topological polar surface area (TPSA) is 73.9 Å². The SMILES string of the molecule is COc1c(C)c(C)c(OC)c(Oc2ccc(CC3SC(=O)NC3=O)cc2)c1C. The molecule has 1 aliphatic rings. The molecular weight excluding hydrogens is 378 g/mol. The molecule has 3 rings (SSSR count). The molecule has 6 nitrogen and oxygen atoms in total. The Balaban J connectivity index is 1.83. The molecule has 7 heteroatoms. The van der Waals surface area contributed by atoms with Crippen LogP contribution in [0.1, 0.15) is 22.3 Å². The first kappa shape index (κ1) is 20.1. The van der Waals surface area contributed by atoms with Gasteiger partial charge in [0.25, 0.3) is 5.24 Å². The maximum atomic E-state index is 11.7. The molecule has 1 N–H and O–H groups in total. The second kappa shape index (κ2) is 8.14. The number of hydrogen-bond acceptors (Lipinski definition) is 6. The lowest BCUT2D eigenvalue weighted by molar-refractivity contribution is -0.118. The van der Waals surface area contributed by atoms with Crippen LogP contribution < -0.4 is 19.5 Å². The lowest BCUT2D eigenvalue weighted by Gasteiger charge is -2.20. The van der Waals surface area contributed by atoms with Gasteiger partial charge in [0.05, 0.1) is 19.5 Å². The molecule has 0 radical (unpaired) electrons. The maximum absolute atomic E-state index is 11.7. The second-order valence-electron chi connectivity index (χ2n) is 6.60. The molecule has 1 atom stereocenters. The van der Waals surface area contributed by atoms with Gasteiger partial charge in [0, 0.05) is 11.1 Å². The van der Waals surface area contributed by atoms with Crippen molar-refractivity contribution in [2.75, 3.05) is 14.2 Å². The highest BCUT2D eigenvalue weighted by atomic mass is 32.2. The summed E-state index contributed by atoms with van der Waals surface area (Å²) in [6.45, 7) is 5.90. The summed E-state index contributed by atoms with van der Waals surface area (Å²) >= 11 is 1.03. The maximum Gasteiger partial charge on any atom is 0.286 e. The van der Waals surface area contributed by atoms with E-state index in [0.717, 1.165) is 39.8 Å². The van der Waals surface area contributed by atoms with Crippen LogP contribution >= 0.6 is 11.8 Å². The van der Waals surface area contributed by atoms with Gasteiger partial charge in [-0.15, -0.1) is 0 Å². The van der Waals surface area contributed by atoms with Crippen LogP contribution in [0.2, 0.25) is 0 Å². The molecule has 2 aromatic rings. The normalized spacial score (nSPS) is 16.1. The lowest BCUT2D eigenvalue weighted by atomic mass is 10.0. The molecule has 1 fully saturated rings. The summed E-state index contributed by atoms with van der Waals surface area (Å²) in [7, 11) is 3.26. The average Bonchev–Trinajstić information content (AvgIpc) is 2.99. The van der Waals surface area contributed by atoms with Gasteiger partial charge < -0.3 is 14.2 Å². The third-order valence-electron chi connectivity index (χ3n) is 4.87. The van der Waals surface area contributed by atoms with Crippen LogP contribution in [0.15, 0.2) is 24.3 Å². The molecule has 148 valence electrons. The molecule has 1 aliphatic heterocycles.